The van der Waals surface area contributed by atoms with Crippen molar-refractivity contribution in [2.45, 2.75) is 44.9 Å². The maximum Gasteiger partial charge on any atom is 0.250 e. The highest BCUT2D eigenvalue weighted by molar-refractivity contribution is 7.15. The SMILES string of the molecule is CCOc1ccc(/C=C/C(=O)Nc2nnc(C3CCCCC3)s2)cc1OC. The summed E-state index contributed by atoms with van der Waals surface area (Å²) >= 11 is 1.48. The fraction of sp³-hybridized carbons (Fsp3) is 0.450. The summed E-state index contributed by atoms with van der Waals surface area (Å²) in [5.41, 5.74) is 0.852. The van der Waals surface area contributed by atoms with Crippen LogP contribution >= 0.6 is 11.3 Å². The van der Waals surface area contributed by atoms with Crippen LogP contribution in [0.2, 0.25) is 0 Å². The molecular formula is C20H25N3O3S. The molecule has 0 bridgehead atoms. The molecule has 1 aromatic heterocycles. The summed E-state index contributed by atoms with van der Waals surface area (Å²) in [5, 5.41) is 12.8. The number of amides is 1. The van der Waals surface area contributed by atoms with Gasteiger partial charge in [-0.25, -0.2) is 0 Å². The Morgan fingerprint density at radius 2 is 2.07 bits per heavy atom. The van der Waals surface area contributed by atoms with Gasteiger partial charge in [-0.15, -0.1) is 10.2 Å². The number of carbonyl (C=O) groups excluding carboxylic acids is 1. The van der Waals surface area contributed by atoms with Gasteiger partial charge >= 0.3 is 0 Å². The number of rotatable bonds is 7. The number of anilines is 1. The fourth-order valence-corrected chi connectivity index (χ4v) is 4.10. The normalized spacial score (nSPS) is 15.0. The lowest BCUT2D eigenvalue weighted by atomic mass is 9.90. The van der Waals surface area contributed by atoms with Crippen LogP contribution in [-0.2, 0) is 4.79 Å². The van der Waals surface area contributed by atoms with Gasteiger partial charge in [0.25, 0.3) is 0 Å². The van der Waals surface area contributed by atoms with Crippen LogP contribution in [0.5, 0.6) is 11.5 Å². The molecule has 7 heteroatoms. The molecule has 2 aromatic rings. The number of ether oxygens (including phenoxy) is 2. The lowest BCUT2D eigenvalue weighted by molar-refractivity contribution is -0.111. The Kier molecular flexibility index (Phi) is 6.81. The standard InChI is InChI=1S/C20H25N3O3S/c1-3-26-16-11-9-14(13-17(16)25-2)10-12-18(24)21-20-23-22-19(27-20)15-7-5-4-6-8-15/h9-13,15H,3-8H2,1-2H3,(H,21,23,24)/b12-10+. The third-order valence-electron chi connectivity index (χ3n) is 4.54. The van der Waals surface area contributed by atoms with Gasteiger partial charge in [-0.2, -0.15) is 0 Å². The molecule has 1 aromatic carbocycles. The van der Waals surface area contributed by atoms with Gasteiger partial charge in [0.2, 0.25) is 11.0 Å². The van der Waals surface area contributed by atoms with E-state index in [0.717, 1.165) is 10.6 Å². The smallest absolute Gasteiger partial charge is 0.250 e. The van der Waals surface area contributed by atoms with Crippen LogP contribution in [0.4, 0.5) is 5.13 Å². The summed E-state index contributed by atoms with van der Waals surface area (Å²) in [7, 11) is 1.59. The molecule has 6 nitrogen and oxygen atoms in total. The summed E-state index contributed by atoms with van der Waals surface area (Å²) in [5.74, 6) is 1.59. The molecule has 0 unspecified atom stereocenters. The lowest BCUT2D eigenvalue weighted by Gasteiger charge is -2.18. The highest BCUT2D eigenvalue weighted by atomic mass is 32.1. The second-order valence-corrected chi connectivity index (χ2v) is 7.46. The number of benzene rings is 1. The number of methoxy groups -OCH3 is 1. The monoisotopic (exact) mass is 387 g/mol. The van der Waals surface area contributed by atoms with Gasteiger partial charge in [-0.1, -0.05) is 36.7 Å². The Bertz CT molecular complexity index is 798. The topological polar surface area (TPSA) is 73.3 Å². The average molecular weight is 388 g/mol. The molecule has 0 spiro atoms. The van der Waals surface area contributed by atoms with E-state index in [0.29, 0.717) is 29.2 Å². The molecule has 0 aliphatic heterocycles. The van der Waals surface area contributed by atoms with Crippen molar-refractivity contribution < 1.29 is 14.3 Å². The van der Waals surface area contributed by atoms with Crippen molar-refractivity contribution in [2.75, 3.05) is 19.0 Å². The molecular weight excluding hydrogens is 362 g/mol. The van der Waals surface area contributed by atoms with E-state index in [4.69, 9.17) is 9.47 Å². The highest BCUT2D eigenvalue weighted by Crippen LogP contribution is 2.35. The molecule has 1 heterocycles. The zero-order valence-corrected chi connectivity index (χ0v) is 16.6. The van der Waals surface area contributed by atoms with Crippen molar-refractivity contribution in [3.63, 3.8) is 0 Å². The zero-order chi connectivity index (χ0) is 19.1. The van der Waals surface area contributed by atoms with Gasteiger partial charge in [0, 0.05) is 12.0 Å². The maximum atomic E-state index is 12.2. The third-order valence-corrected chi connectivity index (χ3v) is 5.54. The lowest BCUT2D eigenvalue weighted by Crippen LogP contribution is -2.07. The predicted molar refractivity (Wildman–Crippen MR) is 108 cm³/mol. The van der Waals surface area contributed by atoms with Gasteiger partial charge < -0.3 is 9.47 Å². The Morgan fingerprint density at radius 3 is 2.81 bits per heavy atom. The third kappa shape index (κ3) is 5.29. The molecule has 1 saturated carbocycles. The van der Waals surface area contributed by atoms with Crippen LogP contribution < -0.4 is 14.8 Å². The van der Waals surface area contributed by atoms with E-state index < -0.39 is 0 Å². The Labute approximate surface area is 163 Å². The first-order chi connectivity index (χ1) is 13.2. The van der Waals surface area contributed by atoms with E-state index >= 15 is 0 Å². The maximum absolute atomic E-state index is 12.2. The van der Waals surface area contributed by atoms with E-state index in [1.165, 1.54) is 49.5 Å². The minimum atomic E-state index is -0.228. The van der Waals surface area contributed by atoms with E-state index in [2.05, 4.69) is 15.5 Å². The molecule has 0 radical (unpaired) electrons. The summed E-state index contributed by atoms with van der Waals surface area (Å²) in [6, 6.07) is 5.55. The number of hydrogen-bond acceptors (Lipinski definition) is 6. The number of nitrogens with zero attached hydrogens (tertiary/aromatic N) is 2. The summed E-state index contributed by atoms with van der Waals surface area (Å²) < 4.78 is 10.8. The van der Waals surface area contributed by atoms with Gasteiger partial charge in [0.15, 0.2) is 11.5 Å². The van der Waals surface area contributed by atoms with Gasteiger partial charge in [-0.05, 0) is 43.5 Å². The van der Waals surface area contributed by atoms with Crippen LogP contribution in [0, 0.1) is 0 Å². The summed E-state index contributed by atoms with van der Waals surface area (Å²) in [4.78, 5) is 12.2. The molecule has 144 valence electrons. The van der Waals surface area contributed by atoms with Gasteiger partial charge in [-0.3, -0.25) is 10.1 Å². The molecule has 1 aliphatic carbocycles. The van der Waals surface area contributed by atoms with Crippen molar-refractivity contribution >= 4 is 28.5 Å². The number of aromatic nitrogens is 2. The van der Waals surface area contributed by atoms with Crippen molar-refractivity contribution in [2.24, 2.45) is 0 Å². The minimum Gasteiger partial charge on any atom is -0.493 e. The number of hydrogen-bond donors (Lipinski definition) is 1. The highest BCUT2D eigenvalue weighted by Gasteiger charge is 2.19. The molecule has 0 saturated heterocycles. The minimum absolute atomic E-state index is 0.228. The summed E-state index contributed by atoms with van der Waals surface area (Å²) in [6.45, 7) is 2.49. The molecule has 0 atom stereocenters. The first-order valence-corrected chi connectivity index (χ1v) is 10.1. The predicted octanol–water partition coefficient (Wildman–Crippen LogP) is 4.65. The van der Waals surface area contributed by atoms with Crippen molar-refractivity contribution in [3.8, 4) is 11.5 Å². The molecule has 1 fully saturated rings. The Balaban J connectivity index is 1.59. The van der Waals surface area contributed by atoms with Crippen LogP contribution in [0.1, 0.15) is 55.5 Å². The zero-order valence-electron chi connectivity index (χ0n) is 15.7. The number of carbonyl (C=O) groups is 1. The van der Waals surface area contributed by atoms with Crippen LogP contribution in [0.3, 0.4) is 0 Å². The van der Waals surface area contributed by atoms with E-state index in [1.54, 1.807) is 13.2 Å². The molecule has 1 N–H and O–H groups in total. The van der Waals surface area contributed by atoms with Crippen molar-refractivity contribution in [3.05, 3.63) is 34.8 Å². The quantitative estimate of drug-likeness (QED) is 0.700. The van der Waals surface area contributed by atoms with E-state index in [1.807, 2.05) is 25.1 Å². The summed E-state index contributed by atoms with van der Waals surface area (Å²) in [6.07, 6.45) is 9.36. The van der Waals surface area contributed by atoms with Gasteiger partial charge in [0.05, 0.1) is 13.7 Å². The largest absolute Gasteiger partial charge is 0.493 e. The van der Waals surface area contributed by atoms with E-state index in [-0.39, 0.29) is 5.91 Å². The Morgan fingerprint density at radius 1 is 1.26 bits per heavy atom. The average Bonchev–Trinajstić information content (AvgIpc) is 3.16. The first-order valence-electron chi connectivity index (χ1n) is 9.33. The molecule has 3 rings (SSSR count). The first kappa shape index (κ1) is 19.4. The molecule has 1 amide bonds. The fourth-order valence-electron chi connectivity index (χ4n) is 3.18. The van der Waals surface area contributed by atoms with Crippen LogP contribution in [0.15, 0.2) is 24.3 Å². The van der Waals surface area contributed by atoms with E-state index in [9.17, 15) is 4.79 Å². The molecule has 27 heavy (non-hydrogen) atoms. The second kappa shape index (κ2) is 9.50. The number of nitrogens with one attached hydrogen (secondary N) is 1. The van der Waals surface area contributed by atoms with Crippen molar-refractivity contribution in [1.29, 1.82) is 0 Å². The van der Waals surface area contributed by atoms with Crippen LogP contribution in [0.25, 0.3) is 6.08 Å². The van der Waals surface area contributed by atoms with Crippen LogP contribution in [-0.4, -0.2) is 29.8 Å². The molecule has 1 aliphatic rings. The Hall–Kier alpha value is -2.41. The van der Waals surface area contributed by atoms with Gasteiger partial charge in [0.1, 0.15) is 5.01 Å². The van der Waals surface area contributed by atoms with Crippen molar-refractivity contribution in [1.82, 2.24) is 10.2 Å². The second-order valence-electron chi connectivity index (χ2n) is 6.45.